The van der Waals surface area contributed by atoms with Crippen LogP contribution in [0.5, 0.6) is 0 Å². The fourth-order valence-electron chi connectivity index (χ4n) is 3.79. The molecule has 0 aromatic carbocycles. The second-order valence-corrected chi connectivity index (χ2v) is 9.60. The van der Waals surface area contributed by atoms with E-state index in [-0.39, 0.29) is 5.91 Å². The number of esters is 1. The van der Waals surface area contributed by atoms with Crippen LogP contribution in [0.2, 0.25) is 0 Å². The van der Waals surface area contributed by atoms with Crippen LogP contribution >= 0.6 is 23.1 Å². The Bertz CT molecular complexity index is 899. The molecule has 0 bridgehead atoms. The second kappa shape index (κ2) is 11.6. The molecule has 170 valence electrons. The molecule has 3 heterocycles. The number of anilines is 1. The van der Waals surface area contributed by atoms with E-state index in [2.05, 4.69) is 25.5 Å². The Balaban J connectivity index is 1.72. The summed E-state index contributed by atoms with van der Waals surface area (Å²) in [4.78, 5) is 37.6. The quantitative estimate of drug-likeness (QED) is 0.517. The van der Waals surface area contributed by atoms with Crippen LogP contribution in [0.15, 0.2) is 6.33 Å². The Morgan fingerprint density at radius 2 is 2.06 bits per heavy atom. The molecule has 31 heavy (non-hydrogen) atoms. The van der Waals surface area contributed by atoms with Crippen LogP contribution < -0.4 is 10.6 Å². The predicted molar refractivity (Wildman–Crippen MR) is 127 cm³/mol. The molecule has 1 unspecified atom stereocenters. The van der Waals surface area contributed by atoms with Gasteiger partial charge in [-0.25, -0.2) is 14.8 Å². The van der Waals surface area contributed by atoms with Crippen molar-refractivity contribution in [2.75, 3.05) is 50.6 Å². The number of ether oxygens (including phenoxy) is 1. The Labute approximate surface area is 191 Å². The molecule has 1 fully saturated rings. The van der Waals surface area contributed by atoms with Crippen molar-refractivity contribution >= 4 is 51.0 Å². The van der Waals surface area contributed by atoms with E-state index in [0.717, 1.165) is 53.5 Å². The van der Waals surface area contributed by atoms with Gasteiger partial charge >= 0.3 is 5.97 Å². The number of amides is 1. The molecule has 1 aliphatic rings. The highest BCUT2D eigenvalue weighted by molar-refractivity contribution is 7.98. The zero-order valence-electron chi connectivity index (χ0n) is 18.4. The van der Waals surface area contributed by atoms with Crippen LogP contribution in [0.3, 0.4) is 0 Å². The molecule has 0 radical (unpaired) electrons. The largest absolute Gasteiger partial charge is 0.467 e. The number of piperidine rings is 1. The van der Waals surface area contributed by atoms with E-state index < -0.39 is 12.0 Å². The lowest BCUT2D eigenvalue weighted by Gasteiger charge is -2.26. The van der Waals surface area contributed by atoms with Crippen LogP contribution in [-0.2, 0) is 9.53 Å². The number of carbonyl (C=O) groups excluding carboxylic acids is 2. The number of fused-ring (bicyclic) bond motifs is 1. The number of thioether (sulfide) groups is 1. The summed E-state index contributed by atoms with van der Waals surface area (Å²) in [6, 6.07) is -0.664. The molecule has 1 amide bonds. The van der Waals surface area contributed by atoms with Crippen LogP contribution in [0.4, 0.5) is 5.82 Å². The third-order valence-electron chi connectivity index (χ3n) is 5.50. The van der Waals surface area contributed by atoms with E-state index in [4.69, 9.17) is 4.74 Å². The third-order valence-corrected chi connectivity index (χ3v) is 7.35. The van der Waals surface area contributed by atoms with E-state index >= 15 is 0 Å². The maximum absolute atomic E-state index is 13.0. The number of nitrogens with one attached hydrogen (secondary N) is 2. The van der Waals surface area contributed by atoms with Gasteiger partial charge in [0.05, 0.1) is 17.4 Å². The van der Waals surface area contributed by atoms with Crippen molar-refractivity contribution in [1.29, 1.82) is 0 Å². The fourth-order valence-corrected chi connectivity index (χ4v) is 5.31. The average molecular weight is 466 g/mol. The molecule has 2 N–H and O–H groups in total. The maximum Gasteiger partial charge on any atom is 0.328 e. The molecular formula is C21H31N5O3S2. The zero-order valence-corrected chi connectivity index (χ0v) is 20.0. The predicted octanol–water partition coefficient (Wildman–Crippen LogP) is 2.92. The summed E-state index contributed by atoms with van der Waals surface area (Å²) in [7, 11) is 1.34. The van der Waals surface area contributed by atoms with Crippen molar-refractivity contribution in [1.82, 2.24) is 20.2 Å². The molecular weight excluding hydrogens is 434 g/mol. The molecule has 8 nitrogen and oxygen atoms in total. The van der Waals surface area contributed by atoms with Gasteiger partial charge in [-0.1, -0.05) is 6.42 Å². The highest BCUT2D eigenvalue weighted by Crippen LogP contribution is 2.33. The highest BCUT2D eigenvalue weighted by atomic mass is 32.2. The number of rotatable bonds is 10. The van der Waals surface area contributed by atoms with Crippen LogP contribution in [-0.4, -0.2) is 78.1 Å². The first-order valence-electron chi connectivity index (χ1n) is 10.6. The molecule has 2 aromatic rings. The van der Waals surface area contributed by atoms with Gasteiger partial charge in [-0.3, -0.25) is 4.79 Å². The lowest BCUT2D eigenvalue weighted by Crippen LogP contribution is -2.41. The molecule has 2 aromatic heterocycles. The van der Waals surface area contributed by atoms with Gasteiger partial charge in [0.25, 0.3) is 5.91 Å². The third kappa shape index (κ3) is 6.08. The first-order valence-corrected chi connectivity index (χ1v) is 12.8. The summed E-state index contributed by atoms with van der Waals surface area (Å²) in [6.07, 6.45) is 7.87. The fraction of sp³-hybridized carbons (Fsp3) is 0.619. The van der Waals surface area contributed by atoms with Gasteiger partial charge < -0.3 is 20.3 Å². The molecule has 1 aliphatic heterocycles. The minimum atomic E-state index is -0.664. The highest BCUT2D eigenvalue weighted by Gasteiger charge is 2.25. The number of hydrogen-bond acceptors (Lipinski definition) is 9. The Morgan fingerprint density at radius 3 is 2.77 bits per heavy atom. The van der Waals surface area contributed by atoms with Gasteiger partial charge in [0, 0.05) is 13.1 Å². The van der Waals surface area contributed by atoms with Gasteiger partial charge in [0.1, 0.15) is 23.0 Å². The van der Waals surface area contributed by atoms with Crippen LogP contribution in [0, 0.1) is 6.92 Å². The van der Waals surface area contributed by atoms with E-state index in [1.165, 1.54) is 44.0 Å². The number of thiophene rings is 1. The Kier molecular flexibility index (Phi) is 8.91. The minimum Gasteiger partial charge on any atom is -0.467 e. The summed E-state index contributed by atoms with van der Waals surface area (Å²) in [5, 5.41) is 7.13. The lowest BCUT2D eigenvalue weighted by molar-refractivity contribution is -0.142. The van der Waals surface area contributed by atoms with Crippen molar-refractivity contribution < 1.29 is 14.3 Å². The topological polar surface area (TPSA) is 96.4 Å². The average Bonchev–Trinajstić information content (AvgIpc) is 3.14. The zero-order chi connectivity index (χ0) is 22.2. The van der Waals surface area contributed by atoms with E-state index in [9.17, 15) is 9.59 Å². The molecule has 1 atom stereocenters. The summed E-state index contributed by atoms with van der Waals surface area (Å²) in [5.74, 6) is 0.793. The normalized spacial score (nSPS) is 15.6. The molecule has 0 spiro atoms. The van der Waals surface area contributed by atoms with Crippen molar-refractivity contribution in [2.24, 2.45) is 0 Å². The monoisotopic (exact) mass is 465 g/mol. The van der Waals surface area contributed by atoms with Gasteiger partial charge in [-0.15, -0.1) is 11.3 Å². The SMILES string of the molecule is COC(=O)C(CCSC)NC(=O)c1sc2ncnc(NCCN3CCCCC3)c2c1C. The van der Waals surface area contributed by atoms with Gasteiger partial charge in [0.15, 0.2) is 0 Å². The van der Waals surface area contributed by atoms with Gasteiger partial charge in [0.2, 0.25) is 0 Å². The lowest BCUT2D eigenvalue weighted by atomic mass is 10.1. The molecule has 0 aliphatic carbocycles. The van der Waals surface area contributed by atoms with Crippen molar-refractivity contribution in [2.45, 2.75) is 38.6 Å². The van der Waals surface area contributed by atoms with E-state index in [1.807, 2.05) is 13.2 Å². The summed E-state index contributed by atoms with van der Waals surface area (Å²) in [6.45, 7) is 5.98. The Morgan fingerprint density at radius 1 is 1.29 bits per heavy atom. The Hall–Kier alpha value is -1.91. The standard InChI is InChI=1S/C21H31N5O3S2/c1-14-16-18(22-8-11-26-9-5-4-6-10-26)23-13-24-20(16)31-17(14)19(27)25-15(7-12-30-3)21(28)29-2/h13,15H,4-12H2,1-3H3,(H,25,27)(H,22,23,24). The summed E-state index contributed by atoms with van der Waals surface area (Å²) in [5.41, 5.74) is 0.826. The number of methoxy groups -OCH3 is 1. The minimum absolute atomic E-state index is 0.281. The van der Waals surface area contributed by atoms with Gasteiger partial charge in [-0.05, 0) is 56.8 Å². The number of aryl methyl sites for hydroxylation is 1. The number of likely N-dealkylation sites (tertiary alicyclic amines) is 1. The van der Waals surface area contributed by atoms with Crippen LogP contribution in [0.25, 0.3) is 10.2 Å². The first-order chi connectivity index (χ1) is 15.0. The van der Waals surface area contributed by atoms with Crippen molar-refractivity contribution in [3.63, 3.8) is 0 Å². The molecule has 0 saturated carbocycles. The molecule has 10 heteroatoms. The van der Waals surface area contributed by atoms with E-state index in [1.54, 1.807) is 11.8 Å². The van der Waals surface area contributed by atoms with Gasteiger partial charge in [-0.2, -0.15) is 11.8 Å². The molecule has 3 rings (SSSR count). The van der Waals surface area contributed by atoms with Crippen molar-refractivity contribution in [3.05, 3.63) is 16.8 Å². The number of aromatic nitrogens is 2. The number of carbonyl (C=O) groups is 2. The van der Waals surface area contributed by atoms with E-state index in [0.29, 0.717) is 11.3 Å². The van der Waals surface area contributed by atoms with Crippen LogP contribution in [0.1, 0.15) is 40.9 Å². The smallest absolute Gasteiger partial charge is 0.328 e. The molecule has 1 saturated heterocycles. The first kappa shape index (κ1) is 23.7. The summed E-state index contributed by atoms with van der Waals surface area (Å²) >= 11 is 2.94. The number of nitrogens with zero attached hydrogens (tertiary/aromatic N) is 3. The maximum atomic E-state index is 13.0. The summed E-state index contributed by atoms with van der Waals surface area (Å²) < 4.78 is 4.85. The second-order valence-electron chi connectivity index (χ2n) is 7.62. The van der Waals surface area contributed by atoms with Crippen molar-refractivity contribution in [3.8, 4) is 0 Å². The number of hydrogen-bond donors (Lipinski definition) is 2.